The summed E-state index contributed by atoms with van der Waals surface area (Å²) in [5.41, 5.74) is 2.89. The van der Waals surface area contributed by atoms with E-state index in [9.17, 15) is 4.79 Å². The Balaban J connectivity index is 1.96. The first-order valence-corrected chi connectivity index (χ1v) is 7.65. The third-order valence-electron chi connectivity index (χ3n) is 3.05. The number of aryl methyl sites for hydroxylation is 1. The van der Waals surface area contributed by atoms with Gasteiger partial charge in [-0.05, 0) is 49.2 Å². The maximum absolute atomic E-state index is 12.0. The van der Waals surface area contributed by atoms with Crippen LogP contribution in [0.4, 0.5) is 5.69 Å². The summed E-state index contributed by atoms with van der Waals surface area (Å²) in [4.78, 5) is 12.0. The van der Waals surface area contributed by atoms with Gasteiger partial charge in [-0.1, -0.05) is 34.1 Å². The number of amides is 1. The second kappa shape index (κ2) is 7.27. The number of benzene rings is 2. The molecule has 0 atom stereocenters. The first kappa shape index (κ1) is 15.6. The summed E-state index contributed by atoms with van der Waals surface area (Å²) in [7, 11) is 0. The second-order valence-electron chi connectivity index (χ2n) is 4.77. The van der Waals surface area contributed by atoms with Crippen LogP contribution in [0, 0.1) is 6.92 Å². The third-order valence-corrected chi connectivity index (χ3v) is 3.91. The van der Waals surface area contributed by atoms with Crippen molar-refractivity contribution in [1.29, 1.82) is 0 Å². The summed E-state index contributed by atoms with van der Waals surface area (Å²) in [6.07, 6.45) is 0.345. The lowest BCUT2D eigenvalue weighted by Crippen LogP contribution is -2.14. The number of anilines is 1. The minimum absolute atomic E-state index is 0.0325. The molecule has 4 heteroatoms. The molecule has 0 heterocycles. The van der Waals surface area contributed by atoms with E-state index in [-0.39, 0.29) is 5.91 Å². The van der Waals surface area contributed by atoms with Gasteiger partial charge < -0.3 is 10.1 Å². The second-order valence-corrected chi connectivity index (χ2v) is 5.62. The molecule has 21 heavy (non-hydrogen) atoms. The van der Waals surface area contributed by atoms with Crippen molar-refractivity contribution in [3.63, 3.8) is 0 Å². The summed E-state index contributed by atoms with van der Waals surface area (Å²) < 4.78 is 6.37. The molecular formula is C17H18BrNO2. The molecular weight excluding hydrogens is 330 g/mol. The smallest absolute Gasteiger partial charge is 0.228 e. The minimum atomic E-state index is -0.0325. The molecule has 0 bridgehead atoms. The molecule has 2 aromatic rings. The van der Waals surface area contributed by atoms with E-state index >= 15 is 0 Å². The number of nitrogens with one attached hydrogen (secondary N) is 1. The van der Waals surface area contributed by atoms with E-state index in [1.54, 1.807) is 0 Å². The van der Waals surface area contributed by atoms with Gasteiger partial charge in [0.2, 0.25) is 5.91 Å². The fourth-order valence-corrected chi connectivity index (χ4v) is 2.31. The Kier molecular flexibility index (Phi) is 5.39. The molecule has 1 amide bonds. The van der Waals surface area contributed by atoms with Crippen molar-refractivity contribution in [2.75, 3.05) is 11.9 Å². The predicted octanol–water partition coefficient (Wildman–Crippen LogP) is 4.34. The van der Waals surface area contributed by atoms with Crippen molar-refractivity contribution in [2.45, 2.75) is 20.3 Å². The van der Waals surface area contributed by atoms with Gasteiger partial charge in [-0.2, -0.15) is 0 Å². The molecule has 0 spiro atoms. The number of ether oxygens (including phenoxy) is 1. The van der Waals surface area contributed by atoms with Crippen LogP contribution in [0.15, 0.2) is 46.9 Å². The zero-order chi connectivity index (χ0) is 15.2. The normalized spacial score (nSPS) is 10.2. The summed E-state index contributed by atoms with van der Waals surface area (Å²) in [5, 5.41) is 2.90. The monoisotopic (exact) mass is 347 g/mol. The van der Waals surface area contributed by atoms with Gasteiger partial charge in [0.25, 0.3) is 0 Å². The maximum Gasteiger partial charge on any atom is 0.228 e. The average Bonchev–Trinajstić information content (AvgIpc) is 2.45. The van der Waals surface area contributed by atoms with E-state index in [0.717, 1.165) is 27.0 Å². The highest BCUT2D eigenvalue weighted by Crippen LogP contribution is 2.21. The topological polar surface area (TPSA) is 38.3 Å². The fraction of sp³-hybridized carbons (Fsp3) is 0.235. The van der Waals surface area contributed by atoms with Crippen molar-refractivity contribution in [3.05, 3.63) is 58.1 Å². The van der Waals surface area contributed by atoms with Crippen LogP contribution in [0.5, 0.6) is 5.75 Å². The predicted molar refractivity (Wildman–Crippen MR) is 88.8 cm³/mol. The van der Waals surface area contributed by atoms with Gasteiger partial charge in [0.1, 0.15) is 5.75 Å². The molecule has 0 aromatic heterocycles. The maximum atomic E-state index is 12.0. The Labute approximate surface area is 133 Å². The molecule has 0 aliphatic heterocycles. The van der Waals surface area contributed by atoms with Gasteiger partial charge in [-0.25, -0.2) is 0 Å². The van der Waals surface area contributed by atoms with Gasteiger partial charge in [-0.15, -0.1) is 0 Å². The van der Waals surface area contributed by atoms with Gasteiger partial charge in [0.15, 0.2) is 0 Å². The number of hydrogen-bond donors (Lipinski definition) is 1. The Hall–Kier alpha value is -1.81. The van der Waals surface area contributed by atoms with Crippen LogP contribution in [0.1, 0.15) is 18.1 Å². The minimum Gasteiger partial charge on any atom is -0.494 e. The van der Waals surface area contributed by atoms with E-state index in [4.69, 9.17) is 4.74 Å². The molecule has 0 aliphatic carbocycles. The van der Waals surface area contributed by atoms with Gasteiger partial charge in [0, 0.05) is 10.2 Å². The molecule has 0 unspecified atom stereocenters. The molecule has 0 radical (unpaired) electrons. The largest absolute Gasteiger partial charge is 0.494 e. The van der Waals surface area contributed by atoms with E-state index < -0.39 is 0 Å². The highest BCUT2D eigenvalue weighted by molar-refractivity contribution is 9.10. The summed E-state index contributed by atoms with van der Waals surface area (Å²) in [6.45, 7) is 4.60. The summed E-state index contributed by atoms with van der Waals surface area (Å²) >= 11 is 3.46. The van der Waals surface area contributed by atoms with Crippen LogP contribution in [0.25, 0.3) is 0 Å². The Morgan fingerprint density at radius 3 is 2.52 bits per heavy atom. The van der Waals surface area contributed by atoms with E-state index in [1.807, 2.05) is 56.3 Å². The highest BCUT2D eigenvalue weighted by Gasteiger charge is 2.05. The zero-order valence-electron chi connectivity index (χ0n) is 12.2. The van der Waals surface area contributed by atoms with Gasteiger partial charge in [-0.3, -0.25) is 4.79 Å². The Morgan fingerprint density at radius 2 is 1.90 bits per heavy atom. The van der Waals surface area contributed by atoms with Crippen LogP contribution in [-0.4, -0.2) is 12.5 Å². The van der Waals surface area contributed by atoms with Crippen LogP contribution in [0.2, 0.25) is 0 Å². The van der Waals surface area contributed by atoms with E-state index in [1.165, 1.54) is 0 Å². The number of rotatable bonds is 5. The SMILES string of the molecule is CCOc1ccc(CC(=O)Nc2ccc(C)c(Br)c2)cc1. The van der Waals surface area contributed by atoms with Crippen molar-refractivity contribution >= 4 is 27.5 Å². The lowest BCUT2D eigenvalue weighted by atomic mass is 10.1. The lowest BCUT2D eigenvalue weighted by molar-refractivity contribution is -0.115. The van der Waals surface area contributed by atoms with Gasteiger partial charge >= 0.3 is 0 Å². The molecule has 110 valence electrons. The molecule has 0 saturated heterocycles. The highest BCUT2D eigenvalue weighted by atomic mass is 79.9. The number of carbonyl (C=O) groups excluding carboxylic acids is 1. The standard InChI is InChI=1S/C17H18BrNO2/c1-3-21-15-8-5-13(6-9-15)10-17(20)19-14-7-4-12(2)16(18)11-14/h4-9,11H,3,10H2,1-2H3,(H,19,20). The molecule has 0 aliphatic rings. The quantitative estimate of drug-likeness (QED) is 0.873. The molecule has 0 saturated carbocycles. The number of carbonyl (C=O) groups is 1. The Morgan fingerprint density at radius 1 is 1.19 bits per heavy atom. The molecule has 0 fully saturated rings. The van der Waals surface area contributed by atoms with Gasteiger partial charge in [0.05, 0.1) is 13.0 Å². The third kappa shape index (κ3) is 4.60. The lowest BCUT2D eigenvalue weighted by Gasteiger charge is -2.08. The molecule has 3 nitrogen and oxygen atoms in total. The van der Waals surface area contributed by atoms with Crippen LogP contribution in [-0.2, 0) is 11.2 Å². The van der Waals surface area contributed by atoms with Crippen molar-refractivity contribution < 1.29 is 9.53 Å². The number of hydrogen-bond acceptors (Lipinski definition) is 2. The number of halogens is 1. The molecule has 2 rings (SSSR count). The van der Waals surface area contributed by atoms with Crippen LogP contribution >= 0.6 is 15.9 Å². The van der Waals surface area contributed by atoms with Crippen molar-refractivity contribution in [1.82, 2.24) is 0 Å². The van der Waals surface area contributed by atoms with Crippen LogP contribution in [0.3, 0.4) is 0 Å². The fourth-order valence-electron chi connectivity index (χ4n) is 1.93. The average molecular weight is 348 g/mol. The van der Waals surface area contributed by atoms with Crippen LogP contribution < -0.4 is 10.1 Å². The summed E-state index contributed by atoms with van der Waals surface area (Å²) in [6, 6.07) is 13.4. The zero-order valence-corrected chi connectivity index (χ0v) is 13.7. The molecule has 2 aromatic carbocycles. The molecule has 1 N–H and O–H groups in total. The van der Waals surface area contributed by atoms with E-state index in [0.29, 0.717) is 13.0 Å². The first-order chi connectivity index (χ1) is 10.1. The Bertz CT molecular complexity index is 623. The van der Waals surface area contributed by atoms with Crippen molar-refractivity contribution in [3.8, 4) is 5.75 Å². The first-order valence-electron chi connectivity index (χ1n) is 6.86. The summed E-state index contributed by atoms with van der Waals surface area (Å²) in [5.74, 6) is 0.791. The van der Waals surface area contributed by atoms with Crippen molar-refractivity contribution in [2.24, 2.45) is 0 Å². The van der Waals surface area contributed by atoms with E-state index in [2.05, 4.69) is 21.2 Å².